The second-order valence-electron chi connectivity index (χ2n) is 4.15. The Morgan fingerprint density at radius 1 is 1.24 bits per heavy atom. The Hall–Kier alpha value is -1.42. The lowest BCUT2D eigenvalue weighted by molar-refractivity contribution is 0.765. The molecule has 1 aromatic heterocycles. The van der Waals surface area contributed by atoms with Gasteiger partial charge in [-0.1, -0.05) is 23.9 Å². The van der Waals surface area contributed by atoms with Crippen molar-refractivity contribution >= 4 is 17.4 Å². The lowest BCUT2D eigenvalue weighted by atomic mass is 10.2. The third kappa shape index (κ3) is 2.64. The van der Waals surface area contributed by atoms with Gasteiger partial charge in [-0.15, -0.1) is 0 Å². The Morgan fingerprint density at radius 3 is 2.41 bits per heavy atom. The summed E-state index contributed by atoms with van der Waals surface area (Å²) in [5.74, 6) is 0.921. The maximum absolute atomic E-state index is 5.66. The highest BCUT2D eigenvalue weighted by atomic mass is 32.2. The van der Waals surface area contributed by atoms with E-state index in [-0.39, 0.29) is 0 Å². The normalized spacial score (nSPS) is 10.8. The molecule has 0 aliphatic carbocycles. The van der Waals surface area contributed by atoms with Crippen molar-refractivity contribution < 1.29 is 0 Å². The van der Waals surface area contributed by atoms with Gasteiger partial charge in [0.25, 0.3) is 0 Å². The average molecular weight is 247 g/mol. The molecule has 0 fully saturated rings. The predicted octanol–water partition coefficient (Wildman–Crippen LogP) is 2.91. The molecule has 0 amide bonds. The minimum absolute atomic E-state index is 0.808. The van der Waals surface area contributed by atoms with Gasteiger partial charge in [-0.2, -0.15) is 0 Å². The molecule has 2 aromatic rings. The molecule has 3 nitrogen and oxygen atoms in total. The minimum Gasteiger partial charge on any atom is -0.399 e. The fourth-order valence-corrected chi connectivity index (χ4v) is 2.60. The van der Waals surface area contributed by atoms with Crippen LogP contribution in [0.15, 0.2) is 29.4 Å². The number of thioether (sulfide) groups is 1. The minimum atomic E-state index is 0.808. The molecule has 1 heterocycles. The van der Waals surface area contributed by atoms with Crippen molar-refractivity contribution in [1.82, 2.24) is 9.55 Å². The second kappa shape index (κ2) is 4.84. The molecule has 0 saturated carbocycles. The summed E-state index contributed by atoms with van der Waals surface area (Å²) in [5, 5.41) is 1.07. The van der Waals surface area contributed by atoms with Gasteiger partial charge in [-0.05, 0) is 31.5 Å². The summed E-state index contributed by atoms with van der Waals surface area (Å²) in [4.78, 5) is 4.54. The topological polar surface area (TPSA) is 43.8 Å². The standard InChI is InChI=1S/C13H17N3S/c1-9-10(2)16(3)13(15-9)17-8-11-4-6-12(14)7-5-11/h4-7H,8,14H2,1-3H3. The molecule has 2 rings (SSSR count). The van der Waals surface area contributed by atoms with Crippen molar-refractivity contribution in [3.05, 3.63) is 41.2 Å². The first-order valence-corrected chi connectivity index (χ1v) is 6.53. The highest BCUT2D eigenvalue weighted by Gasteiger charge is 2.07. The van der Waals surface area contributed by atoms with E-state index in [2.05, 4.69) is 35.7 Å². The van der Waals surface area contributed by atoms with Gasteiger partial charge < -0.3 is 10.3 Å². The van der Waals surface area contributed by atoms with Gasteiger partial charge in [-0.25, -0.2) is 4.98 Å². The summed E-state index contributed by atoms with van der Waals surface area (Å²) in [7, 11) is 2.06. The van der Waals surface area contributed by atoms with Gasteiger partial charge in [-0.3, -0.25) is 0 Å². The van der Waals surface area contributed by atoms with Crippen molar-refractivity contribution in [3.63, 3.8) is 0 Å². The van der Waals surface area contributed by atoms with E-state index in [4.69, 9.17) is 5.73 Å². The number of benzene rings is 1. The fourth-order valence-electron chi connectivity index (χ4n) is 1.58. The van der Waals surface area contributed by atoms with E-state index in [0.29, 0.717) is 0 Å². The van der Waals surface area contributed by atoms with E-state index in [9.17, 15) is 0 Å². The molecule has 1 aromatic carbocycles. The molecular weight excluding hydrogens is 230 g/mol. The van der Waals surface area contributed by atoms with Crippen LogP contribution in [-0.2, 0) is 12.8 Å². The van der Waals surface area contributed by atoms with Crippen molar-refractivity contribution in [3.8, 4) is 0 Å². The van der Waals surface area contributed by atoms with E-state index in [1.165, 1.54) is 11.3 Å². The molecule has 0 aliphatic heterocycles. The maximum Gasteiger partial charge on any atom is 0.168 e. The van der Waals surface area contributed by atoms with E-state index >= 15 is 0 Å². The maximum atomic E-state index is 5.66. The number of nitrogens with zero attached hydrogens (tertiary/aromatic N) is 2. The molecule has 0 atom stereocenters. The Balaban J connectivity index is 2.07. The van der Waals surface area contributed by atoms with Crippen LogP contribution in [0, 0.1) is 13.8 Å². The third-order valence-corrected chi connectivity index (χ3v) is 4.03. The summed E-state index contributed by atoms with van der Waals surface area (Å²) >= 11 is 1.75. The number of nitrogen functional groups attached to an aromatic ring is 1. The first-order valence-electron chi connectivity index (χ1n) is 5.55. The molecule has 90 valence electrons. The highest BCUT2D eigenvalue weighted by molar-refractivity contribution is 7.98. The molecule has 0 saturated heterocycles. The van der Waals surface area contributed by atoms with E-state index in [0.717, 1.165) is 22.3 Å². The molecule has 0 radical (unpaired) electrons. The van der Waals surface area contributed by atoms with Gasteiger partial charge in [0.05, 0.1) is 5.69 Å². The monoisotopic (exact) mass is 247 g/mol. The Bertz CT molecular complexity index is 514. The number of nitrogens with two attached hydrogens (primary N) is 1. The lowest BCUT2D eigenvalue weighted by Gasteiger charge is -2.03. The Labute approximate surface area is 106 Å². The van der Waals surface area contributed by atoms with Crippen LogP contribution in [-0.4, -0.2) is 9.55 Å². The van der Waals surface area contributed by atoms with Crippen molar-refractivity contribution in [2.45, 2.75) is 24.8 Å². The van der Waals surface area contributed by atoms with Crippen LogP contribution in [0.3, 0.4) is 0 Å². The Morgan fingerprint density at radius 2 is 1.88 bits per heavy atom. The molecule has 17 heavy (non-hydrogen) atoms. The molecular formula is C13H17N3S. The Kier molecular flexibility index (Phi) is 3.43. The third-order valence-electron chi connectivity index (χ3n) is 2.92. The van der Waals surface area contributed by atoms with Crippen molar-refractivity contribution in [1.29, 1.82) is 0 Å². The summed E-state index contributed by atoms with van der Waals surface area (Å²) in [5.41, 5.74) is 10.1. The second-order valence-corrected chi connectivity index (χ2v) is 5.10. The first kappa shape index (κ1) is 12.0. The number of rotatable bonds is 3. The van der Waals surface area contributed by atoms with Crippen LogP contribution in [0.5, 0.6) is 0 Å². The van der Waals surface area contributed by atoms with Crippen molar-refractivity contribution in [2.75, 3.05) is 5.73 Å². The summed E-state index contributed by atoms with van der Waals surface area (Å²) in [6, 6.07) is 7.99. The first-order chi connectivity index (χ1) is 8.08. The smallest absolute Gasteiger partial charge is 0.168 e. The van der Waals surface area contributed by atoms with Crippen LogP contribution in [0.2, 0.25) is 0 Å². The lowest BCUT2D eigenvalue weighted by Crippen LogP contribution is -1.94. The van der Waals surface area contributed by atoms with Gasteiger partial charge in [0.2, 0.25) is 0 Å². The van der Waals surface area contributed by atoms with Gasteiger partial charge >= 0.3 is 0 Å². The number of aryl methyl sites for hydroxylation is 1. The quantitative estimate of drug-likeness (QED) is 0.670. The SMILES string of the molecule is Cc1nc(SCc2ccc(N)cc2)n(C)c1C. The van der Waals surface area contributed by atoms with Gasteiger partial charge in [0.15, 0.2) is 5.16 Å². The zero-order chi connectivity index (χ0) is 12.4. The predicted molar refractivity (Wildman–Crippen MR) is 73.1 cm³/mol. The van der Waals surface area contributed by atoms with Crippen LogP contribution < -0.4 is 5.73 Å². The summed E-state index contributed by atoms with van der Waals surface area (Å²) < 4.78 is 2.14. The van der Waals surface area contributed by atoms with Gasteiger partial charge in [0.1, 0.15) is 0 Å². The molecule has 2 N–H and O–H groups in total. The highest BCUT2D eigenvalue weighted by Crippen LogP contribution is 2.23. The van der Waals surface area contributed by atoms with E-state index in [1.54, 1.807) is 11.8 Å². The number of anilines is 1. The molecule has 0 unspecified atom stereocenters. The fraction of sp³-hybridized carbons (Fsp3) is 0.308. The van der Waals surface area contributed by atoms with Crippen LogP contribution >= 0.6 is 11.8 Å². The van der Waals surface area contributed by atoms with Crippen LogP contribution in [0.1, 0.15) is 17.0 Å². The van der Waals surface area contributed by atoms with Crippen LogP contribution in [0.4, 0.5) is 5.69 Å². The molecule has 0 spiro atoms. The largest absolute Gasteiger partial charge is 0.399 e. The molecule has 4 heteroatoms. The number of hydrogen-bond acceptors (Lipinski definition) is 3. The molecule has 0 aliphatic rings. The summed E-state index contributed by atoms with van der Waals surface area (Å²) in [6.07, 6.45) is 0. The number of aromatic nitrogens is 2. The van der Waals surface area contributed by atoms with Gasteiger partial charge in [0, 0.05) is 24.2 Å². The zero-order valence-electron chi connectivity index (χ0n) is 10.4. The average Bonchev–Trinajstić information content (AvgIpc) is 2.56. The van der Waals surface area contributed by atoms with E-state index < -0.39 is 0 Å². The van der Waals surface area contributed by atoms with Crippen molar-refractivity contribution in [2.24, 2.45) is 7.05 Å². The summed E-state index contributed by atoms with van der Waals surface area (Å²) in [6.45, 7) is 4.14. The number of imidazole rings is 1. The zero-order valence-corrected chi connectivity index (χ0v) is 11.2. The molecule has 0 bridgehead atoms. The number of hydrogen-bond donors (Lipinski definition) is 1. The van der Waals surface area contributed by atoms with Crippen LogP contribution in [0.25, 0.3) is 0 Å². The van der Waals surface area contributed by atoms with E-state index in [1.807, 2.05) is 19.1 Å².